The second-order valence-corrected chi connectivity index (χ2v) is 5.55. The first-order valence-corrected chi connectivity index (χ1v) is 6.98. The van der Waals surface area contributed by atoms with E-state index in [4.69, 9.17) is 0 Å². The average Bonchev–Trinajstić information content (AvgIpc) is 2.30. The summed E-state index contributed by atoms with van der Waals surface area (Å²) in [5.74, 6) is -2.20. The van der Waals surface area contributed by atoms with Crippen molar-refractivity contribution in [3.63, 3.8) is 0 Å². The Hall–Kier alpha value is -1.32. The molecule has 0 aliphatic carbocycles. The number of unbranched alkanes of at least 4 members (excludes halogenated alkanes) is 2. The molecule has 0 aliphatic heterocycles. The first-order valence-electron chi connectivity index (χ1n) is 6.98. The largest absolute Gasteiger partial charge is 0.478 e. The lowest BCUT2D eigenvalue weighted by molar-refractivity contribution is -0.137. The Labute approximate surface area is 115 Å². The van der Waals surface area contributed by atoms with Gasteiger partial charge in [-0.3, -0.25) is 0 Å². The van der Waals surface area contributed by atoms with E-state index in [9.17, 15) is 19.8 Å². The van der Waals surface area contributed by atoms with Crippen molar-refractivity contribution in [2.24, 2.45) is 5.41 Å². The van der Waals surface area contributed by atoms with Gasteiger partial charge < -0.3 is 10.2 Å². The second-order valence-electron chi connectivity index (χ2n) is 5.55. The zero-order valence-electron chi connectivity index (χ0n) is 12.5. The van der Waals surface area contributed by atoms with Crippen LogP contribution >= 0.6 is 0 Å². The van der Waals surface area contributed by atoms with E-state index in [1.807, 2.05) is 27.7 Å². The molecule has 0 aliphatic rings. The number of aliphatic carboxylic acids is 2. The van der Waals surface area contributed by atoms with E-state index < -0.39 is 17.4 Å². The van der Waals surface area contributed by atoms with Gasteiger partial charge in [0.2, 0.25) is 0 Å². The lowest BCUT2D eigenvalue weighted by Crippen LogP contribution is -2.25. The normalized spacial score (nSPS) is 13.1. The predicted molar refractivity (Wildman–Crippen MR) is 75.1 cm³/mol. The fourth-order valence-corrected chi connectivity index (χ4v) is 2.26. The van der Waals surface area contributed by atoms with Crippen molar-refractivity contribution in [3.05, 3.63) is 11.1 Å². The molecule has 0 bridgehead atoms. The van der Waals surface area contributed by atoms with Gasteiger partial charge >= 0.3 is 11.9 Å². The van der Waals surface area contributed by atoms with Crippen LogP contribution in [0, 0.1) is 5.41 Å². The number of hydrogen-bond donors (Lipinski definition) is 2. The van der Waals surface area contributed by atoms with E-state index in [1.54, 1.807) is 0 Å². The van der Waals surface area contributed by atoms with Crippen molar-refractivity contribution in [2.75, 3.05) is 0 Å². The predicted octanol–water partition coefficient (Wildman–Crippen LogP) is 3.86. The average molecular weight is 270 g/mol. The van der Waals surface area contributed by atoms with Crippen LogP contribution in [0.3, 0.4) is 0 Å². The second kappa shape index (κ2) is 7.97. The molecule has 0 aromatic carbocycles. The summed E-state index contributed by atoms with van der Waals surface area (Å²) >= 11 is 0. The molecule has 0 radical (unpaired) electrons. The molecule has 2 N–H and O–H groups in total. The first-order chi connectivity index (χ1) is 8.77. The van der Waals surface area contributed by atoms with Crippen LogP contribution in [0.5, 0.6) is 0 Å². The lowest BCUT2D eigenvalue weighted by Gasteiger charge is -2.27. The van der Waals surface area contributed by atoms with Gasteiger partial charge in [-0.15, -0.1) is 0 Å². The van der Waals surface area contributed by atoms with E-state index in [-0.39, 0.29) is 11.1 Å². The molecule has 0 fully saturated rings. The minimum atomic E-state index is -1.10. The maximum absolute atomic E-state index is 11.5. The standard InChI is InChI=1S/C15H26O4/c1-5-7-9-11(13(16)17)12(14(18)19)15(3,4)10-8-6-2/h5-10H2,1-4H3,(H,16,17)(H,18,19). The van der Waals surface area contributed by atoms with Gasteiger partial charge in [0, 0.05) is 5.57 Å². The van der Waals surface area contributed by atoms with Gasteiger partial charge in [0.15, 0.2) is 0 Å². The molecule has 0 aromatic rings. The summed E-state index contributed by atoms with van der Waals surface area (Å²) in [5.41, 5.74) is -0.471. The zero-order valence-corrected chi connectivity index (χ0v) is 12.5. The van der Waals surface area contributed by atoms with E-state index in [0.717, 1.165) is 19.3 Å². The van der Waals surface area contributed by atoms with Crippen molar-refractivity contribution in [2.45, 2.75) is 66.2 Å². The number of carbonyl (C=O) groups is 2. The molecule has 0 amide bonds. The van der Waals surface area contributed by atoms with Gasteiger partial charge in [0.25, 0.3) is 0 Å². The van der Waals surface area contributed by atoms with Gasteiger partial charge in [-0.1, -0.05) is 47.0 Å². The third-order valence-electron chi connectivity index (χ3n) is 3.39. The van der Waals surface area contributed by atoms with Gasteiger partial charge in [0.1, 0.15) is 0 Å². The highest BCUT2D eigenvalue weighted by molar-refractivity contribution is 5.99. The van der Waals surface area contributed by atoms with Crippen LogP contribution < -0.4 is 0 Å². The van der Waals surface area contributed by atoms with Crippen molar-refractivity contribution in [1.82, 2.24) is 0 Å². The Morgan fingerprint density at radius 2 is 1.47 bits per heavy atom. The zero-order chi connectivity index (χ0) is 15.1. The Morgan fingerprint density at radius 1 is 0.947 bits per heavy atom. The number of rotatable bonds is 9. The molecule has 0 spiro atoms. The molecular weight excluding hydrogens is 244 g/mol. The molecule has 4 heteroatoms. The van der Waals surface area contributed by atoms with Gasteiger partial charge in [-0.05, 0) is 24.7 Å². The Kier molecular flexibility index (Phi) is 7.42. The maximum atomic E-state index is 11.5. The molecule has 0 heterocycles. The summed E-state index contributed by atoms with van der Waals surface area (Å²) in [7, 11) is 0. The van der Waals surface area contributed by atoms with Crippen LogP contribution in [-0.2, 0) is 9.59 Å². The number of hydrogen-bond acceptors (Lipinski definition) is 2. The molecule has 0 atom stereocenters. The van der Waals surface area contributed by atoms with Gasteiger partial charge in [0.05, 0.1) is 5.57 Å². The van der Waals surface area contributed by atoms with Crippen LogP contribution in [0.25, 0.3) is 0 Å². The van der Waals surface area contributed by atoms with Crippen LogP contribution in [0.2, 0.25) is 0 Å². The van der Waals surface area contributed by atoms with E-state index in [0.29, 0.717) is 19.3 Å². The van der Waals surface area contributed by atoms with Crippen LogP contribution in [0.15, 0.2) is 11.1 Å². The highest BCUT2D eigenvalue weighted by Crippen LogP contribution is 2.36. The monoisotopic (exact) mass is 270 g/mol. The maximum Gasteiger partial charge on any atom is 0.332 e. The number of carboxylic acid groups (broad SMARTS) is 2. The summed E-state index contributed by atoms with van der Waals surface area (Å²) in [6.45, 7) is 7.64. The summed E-state index contributed by atoms with van der Waals surface area (Å²) in [6.07, 6.45) is 4.41. The highest BCUT2D eigenvalue weighted by atomic mass is 16.4. The lowest BCUT2D eigenvalue weighted by atomic mass is 9.76. The summed E-state index contributed by atoms with van der Waals surface area (Å²) < 4.78 is 0. The fraction of sp³-hybridized carbons (Fsp3) is 0.733. The summed E-state index contributed by atoms with van der Waals surface area (Å²) in [5, 5.41) is 18.7. The van der Waals surface area contributed by atoms with Crippen molar-refractivity contribution in [1.29, 1.82) is 0 Å². The molecular formula is C15H26O4. The molecule has 0 unspecified atom stereocenters. The van der Waals surface area contributed by atoms with E-state index in [2.05, 4.69) is 0 Å². The Balaban J connectivity index is 5.54. The Morgan fingerprint density at radius 3 is 1.84 bits per heavy atom. The third-order valence-corrected chi connectivity index (χ3v) is 3.39. The SMILES string of the molecule is CCCCC(C(=O)O)=C(C(=O)O)C(C)(C)CCCC. The molecule has 0 rings (SSSR count). The molecule has 110 valence electrons. The van der Waals surface area contributed by atoms with Gasteiger partial charge in [-0.25, -0.2) is 9.59 Å². The van der Waals surface area contributed by atoms with Crippen LogP contribution in [0.1, 0.15) is 66.2 Å². The van der Waals surface area contributed by atoms with Crippen LogP contribution in [0.4, 0.5) is 0 Å². The van der Waals surface area contributed by atoms with E-state index in [1.165, 1.54) is 0 Å². The smallest absolute Gasteiger partial charge is 0.332 e. The molecule has 0 saturated heterocycles. The van der Waals surface area contributed by atoms with Crippen molar-refractivity contribution < 1.29 is 19.8 Å². The topological polar surface area (TPSA) is 74.6 Å². The third kappa shape index (κ3) is 5.45. The fourth-order valence-electron chi connectivity index (χ4n) is 2.26. The minimum Gasteiger partial charge on any atom is -0.478 e. The Bertz CT molecular complexity index is 353. The number of carboxylic acids is 2. The molecule has 0 aromatic heterocycles. The summed E-state index contributed by atoms with van der Waals surface area (Å²) in [6, 6.07) is 0. The molecule has 4 nitrogen and oxygen atoms in total. The van der Waals surface area contributed by atoms with Crippen LogP contribution in [-0.4, -0.2) is 22.2 Å². The quantitative estimate of drug-likeness (QED) is 0.624. The summed E-state index contributed by atoms with van der Waals surface area (Å²) in [4.78, 5) is 22.8. The minimum absolute atomic E-state index is 0.0652. The first kappa shape index (κ1) is 17.7. The van der Waals surface area contributed by atoms with Crippen molar-refractivity contribution in [3.8, 4) is 0 Å². The molecule has 19 heavy (non-hydrogen) atoms. The van der Waals surface area contributed by atoms with Crippen molar-refractivity contribution >= 4 is 11.9 Å². The van der Waals surface area contributed by atoms with Gasteiger partial charge in [-0.2, -0.15) is 0 Å². The highest BCUT2D eigenvalue weighted by Gasteiger charge is 2.33. The molecule has 0 saturated carbocycles. The van der Waals surface area contributed by atoms with E-state index >= 15 is 0 Å².